The van der Waals surface area contributed by atoms with Crippen molar-refractivity contribution < 1.29 is 85.8 Å². The molecule has 0 spiro atoms. The lowest BCUT2D eigenvalue weighted by atomic mass is 9.83. The highest BCUT2D eigenvalue weighted by atomic mass is 32.1. The number of Topliss-reactive ketones (excluding diaryl/α,β-unsaturated/α-hetero) is 1. The van der Waals surface area contributed by atoms with Gasteiger partial charge in [-0.3, -0.25) is 33.6 Å². The maximum atomic E-state index is 14.5. The number of ether oxygens (including phenoxy) is 9. The maximum Gasteiger partial charge on any atom is 0.408 e. The minimum Gasteiger partial charge on any atom is -0.445 e. The lowest BCUT2D eigenvalue weighted by Gasteiger charge is -2.41. The Labute approximate surface area is 632 Å². The summed E-state index contributed by atoms with van der Waals surface area (Å²) >= 11 is 1.49. The van der Waals surface area contributed by atoms with Crippen LogP contribution in [0.15, 0.2) is 66.2 Å². The predicted octanol–water partition coefficient (Wildman–Crippen LogP) is 5.96. The van der Waals surface area contributed by atoms with Crippen molar-refractivity contribution in [2.75, 3.05) is 127 Å². The van der Waals surface area contributed by atoms with Gasteiger partial charge in [-0.2, -0.15) is 0 Å². The second-order valence-electron chi connectivity index (χ2n) is 27.6. The number of nitrogens with one attached hydrogen (secondary N) is 6. The summed E-state index contributed by atoms with van der Waals surface area (Å²) in [6, 6.07) is 14.1. The molecule has 1 aromatic heterocycles. The summed E-state index contributed by atoms with van der Waals surface area (Å²) < 4.78 is 49.8. The molecule has 10 N–H and O–H groups in total. The second kappa shape index (κ2) is 51.9. The molecule has 1 aliphatic heterocycles. The van der Waals surface area contributed by atoms with Crippen LogP contribution in [-0.4, -0.2) is 237 Å². The number of amides is 9. The SMILES string of the molecule is CC[C@H](C)[C@@H]([C@@H](CC(=O)N1CCC[C@H]1[C@H](OC)[C@@H](C)C(=O)N[C@@H](Cc1ccccc1)c1nccs1)OC)N(C)C(=O)[C@@H](CC(=O)C(C)(C)NC(=O)OCc1ccc(C)cc1)C(C)C.CNC(=O)[C@H](CCCNC(N)=O)NC(=O)[C@@H](NC(=O)CCOCCOCCOCCOCCOCCOCCN)C(C)C. The van der Waals surface area contributed by atoms with E-state index in [1.807, 2.05) is 106 Å². The first kappa shape index (κ1) is 92.9. The van der Waals surface area contributed by atoms with E-state index in [0.29, 0.717) is 111 Å². The number of primary amides is 1. The van der Waals surface area contributed by atoms with E-state index in [9.17, 15) is 43.2 Å². The number of likely N-dealkylation sites (N-methyl/N-ethyl adjacent to an activating group) is 2. The fraction of sp³-hybridized carbons (Fsp3) is 0.684. The average Bonchev–Trinajstić information content (AvgIpc) is 1.37. The molecule has 1 saturated heterocycles. The quantitative estimate of drug-likeness (QED) is 0.0302. The van der Waals surface area contributed by atoms with Gasteiger partial charge in [-0.05, 0) is 81.8 Å². The number of alkyl carbamates (subject to hydrolysis) is 1. The van der Waals surface area contributed by atoms with Crippen LogP contribution in [0.1, 0.15) is 141 Å². The number of rotatable bonds is 52. The molecule has 0 radical (unpaired) electrons. The lowest BCUT2D eigenvalue weighted by molar-refractivity contribution is -0.149. The summed E-state index contributed by atoms with van der Waals surface area (Å²) in [4.78, 5) is 126. The number of aryl methyl sites for hydroxylation is 1. The van der Waals surface area contributed by atoms with E-state index in [-0.39, 0.29) is 111 Å². The van der Waals surface area contributed by atoms with Crippen LogP contribution in [0.25, 0.3) is 0 Å². The van der Waals surface area contributed by atoms with Gasteiger partial charge in [0.25, 0.3) is 0 Å². The standard InChI is InChI=1S/C49H71N5O8S.C27H54N6O10/c1-12-33(5)43(53(9)47(58)37(31(2)3)28-41(55)49(7,8)52-48(59)62-30-36-22-20-32(4)21-23-36)40(60-10)29-42(56)54-25-16-19-39(54)44(61-11)34(6)45(57)51-38(46-50-24-26-63-46)27-35-17-14-13-15-18-35;1-21(2)24(26(36)32-22(25(35)30-3)5-4-8-31-27(29)37)33-23(34)6-9-38-11-13-40-15-17-42-19-20-43-18-16-41-14-12-39-10-7-28/h13-15,17-18,20-24,26,31,33-34,37-40,43-44H,12,16,19,25,27-30H2,1-11H3,(H,51,57)(H,52,59);21-22,24H,4-20,28H2,1-3H3,(H,30,35)(H,32,36)(H,33,34)(H3,29,31,37)/t33-,34+,37-,38-,39-,40+,43-,44+;22-,24-/m00/s1. The van der Waals surface area contributed by atoms with Crippen molar-refractivity contribution in [2.24, 2.45) is 41.1 Å². The Morgan fingerprint density at radius 2 is 1.32 bits per heavy atom. The van der Waals surface area contributed by atoms with E-state index in [4.69, 9.17) is 54.1 Å². The number of aromatic nitrogens is 1. The molecule has 0 aliphatic carbocycles. The van der Waals surface area contributed by atoms with Crippen molar-refractivity contribution in [1.29, 1.82) is 0 Å². The molecular weight excluding hydrogens is 1390 g/mol. The van der Waals surface area contributed by atoms with E-state index in [0.717, 1.165) is 28.1 Å². The number of methoxy groups -OCH3 is 2. The number of ketones is 1. The Balaban J connectivity index is 0.000000594. The number of carbonyl (C=O) groups excluding carboxylic acids is 9. The molecule has 106 heavy (non-hydrogen) atoms. The van der Waals surface area contributed by atoms with E-state index < -0.39 is 65.7 Å². The number of benzene rings is 2. The maximum absolute atomic E-state index is 14.5. The molecule has 2 aromatic carbocycles. The van der Waals surface area contributed by atoms with Crippen molar-refractivity contribution in [3.05, 3.63) is 87.9 Å². The number of nitrogens with two attached hydrogens (primary N) is 2. The Hall–Kier alpha value is -7.26. The minimum atomic E-state index is -1.30. The molecule has 9 amide bonds. The zero-order valence-corrected chi connectivity index (χ0v) is 66.0. The number of hydrogen-bond donors (Lipinski definition) is 8. The largest absolute Gasteiger partial charge is 0.445 e. The van der Waals surface area contributed by atoms with Gasteiger partial charge in [0.1, 0.15) is 23.7 Å². The zero-order valence-electron chi connectivity index (χ0n) is 65.2. The molecular formula is C76H125N11O18S. The van der Waals surface area contributed by atoms with Crippen LogP contribution in [0.3, 0.4) is 0 Å². The van der Waals surface area contributed by atoms with Crippen molar-refractivity contribution in [2.45, 2.75) is 182 Å². The third-order valence-electron chi connectivity index (χ3n) is 18.4. The van der Waals surface area contributed by atoms with Crippen LogP contribution >= 0.6 is 11.3 Å². The molecule has 3 aromatic rings. The molecule has 10 atom stereocenters. The van der Waals surface area contributed by atoms with E-state index in [2.05, 4.69) is 36.9 Å². The van der Waals surface area contributed by atoms with Gasteiger partial charge in [-0.15, -0.1) is 11.3 Å². The minimum absolute atomic E-state index is 0.00671. The van der Waals surface area contributed by atoms with E-state index in [1.54, 1.807) is 60.1 Å². The van der Waals surface area contributed by atoms with Gasteiger partial charge in [0.15, 0.2) is 5.78 Å². The third-order valence-corrected chi connectivity index (χ3v) is 19.3. The Morgan fingerprint density at radius 1 is 0.726 bits per heavy atom. The average molecular weight is 1510 g/mol. The summed E-state index contributed by atoms with van der Waals surface area (Å²) in [6.45, 7) is 24.9. The van der Waals surface area contributed by atoms with Crippen LogP contribution < -0.4 is 43.4 Å². The first-order valence-electron chi connectivity index (χ1n) is 37.0. The third kappa shape index (κ3) is 34.8. The molecule has 2 heterocycles. The van der Waals surface area contributed by atoms with Gasteiger partial charge in [-0.25, -0.2) is 14.6 Å². The van der Waals surface area contributed by atoms with Crippen LogP contribution in [0, 0.1) is 36.5 Å². The summed E-state index contributed by atoms with van der Waals surface area (Å²) in [5.41, 5.74) is 12.1. The molecule has 30 heteroatoms. The second-order valence-corrected chi connectivity index (χ2v) is 28.5. The first-order chi connectivity index (χ1) is 50.6. The van der Waals surface area contributed by atoms with Crippen molar-refractivity contribution in [1.82, 2.24) is 46.7 Å². The topological polar surface area (TPSA) is 380 Å². The molecule has 1 aliphatic rings. The van der Waals surface area contributed by atoms with E-state index in [1.165, 1.54) is 18.4 Å². The van der Waals surface area contributed by atoms with Crippen LogP contribution in [-0.2, 0) is 89.2 Å². The normalized spacial score (nSPS) is 15.5. The Morgan fingerprint density at radius 3 is 1.84 bits per heavy atom. The number of hydrogen-bond acceptors (Lipinski definition) is 21. The van der Waals surface area contributed by atoms with Crippen LogP contribution in [0.2, 0.25) is 0 Å². The number of likely N-dealkylation sites (tertiary alicyclic amines) is 1. The molecule has 29 nitrogen and oxygen atoms in total. The Bertz CT molecular complexity index is 3030. The summed E-state index contributed by atoms with van der Waals surface area (Å²) in [5, 5.41) is 19.0. The van der Waals surface area contributed by atoms with Gasteiger partial charge < -0.3 is 95.8 Å². The van der Waals surface area contributed by atoms with Crippen LogP contribution in [0.5, 0.6) is 0 Å². The van der Waals surface area contributed by atoms with Gasteiger partial charge in [0.2, 0.25) is 35.4 Å². The van der Waals surface area contributed by atoms with Gasteiger partial charge >= 0.3 is 12.1 Å². The number of carbonyl (C=O) groups is 9. The van der Waals surface area contributed by atoms with Gasteiger partial charge in [-0.1, -0.05) is 115 Å². The predicted molar refractivity (Wildman–Crippen MR) is 404 cm³/mol. The van der Waals surface area contributed by atoms with Crippen molar-refractivity contribution in [3.8, 4) is 0 Å². The fourth-order valence-corrected chi connectivity index (χ4v) is 12.7. The fourth-order valence-electron chi connectivity index (χ4n) is 12.0. The monoisotopic (exact) mass is 1510 g/mol. The highest BCUT2D eigenvalue weighted by molar-refractivity contribution is 7.09. The van der Waals surface area contributed by atoms with Gasteiger partial charge in [0.05, 0.1) is 127 Å². The lowest BCUT2D eigenvalue weighted by Crippen LogP contribution is -2.55. The van der Waals surface area contributed by atoms with Gasteiger partial charge in [0, 0.05) is 78.3 Å². The smallest absolute Gasteiger partial charge is 0.408 e. The summed E-state index contributed by atoms with van der Waals surface area (Å²) in [6.07, 6.45) is 3.17. The van der Waals surface area contributed by atoms with E-state index >= 15 is 0 Å². The first-order valence-corrected chi connectivity index (χ1v) is 37.9. The molecule has 4 rings (SSSR count). The highest BCUT2D eigenvalue weighted by Crippen LogP contribution is 2.32. The van der Waals surface area contributed by atoms with Crippen molar-refractivity contribution in [3.63, 3.8) is 0 Å². The number of thiazole rings is 1. The molecule has 0 unspecified atom stereocenters. The summed E-state index contributed by atoms with van der Waals surface area (Å²) in [7, 11) is 6.32. The highest BCUT2D eigenvalue weighted by Gasteiger charge is 2.44. The molecule has 1 fully saturated rings. The summed E-state index contributed by atoms with van der Waals surface area (Å²) in [5.74, 6) is -3.85. The zero-order chi connectivity index (χ0) is 78.6. The van der Waals surface area contributed by atoms with Crippen molar-refractivity contribution >= 4 is 64.7 Å². The molecule has 0 bridgehead atoms. The number of nitrogens with zero attached hydrogens (tertiary/aromatic N) is 3. The number of urea groups is 1. The Kier molecular flexibility index (Phi) is 45.5. The molecule has 0 saturated carbocycles. The molecule has 598 valence electrons. The van der Waals surface area contributed by atoms with Crippen LogP contribution in [0.4, 0.5) is 9.59 Å².